The van der Waals surface area contributed by atoms with Gasteiger partial charge in [-0.3, -0.25) is 0 Å². The molecule has 3 nitrogen and oxygen atoms in total. The molecule has 2 rings (SSSR count). The molecule has 0 amide bonds. The summed E-state index contributed by atoms with van der Waals surface area (Å²) < 4.78 is 0. The normalized spacial score (nSPS) is 12.4. The summed E-state index contributed by atoms with van der Waals surface area (Å²) in [6.45, 7) is 0. The van der Waals surface area contributed by atoms with Crippen molar-refractivity contribution in [3.8, 4) is 0 Å². The highest BCUT2D eigenvalue weighted by Crippen LogP contribution is 2.19. The molecule has 0 saturated carbocycles. The van der Waals surface area contributed by atoms with E-state index in [4.69, 9.17) is 0 Å². The van der Waals surface area contributed by atoms with E-state index in [1.807, 2.05) is 30.3 Å². The lowest BCUT2D eigenvalue weighted by Crippen LogP contribution is -2.00. The molecule has 1 aromatic heterocycles. The number of benzene rings is 1. The fraction of sp³-hybridized carbons (Fsp3) is 0.0909. The molecule has 1 heterocycles. The predicted molar refractivity (Wildman–Crippen MR) is 52.5 cm³/mol. The number of hydrogen-bond donors (Lipinski definition) is 1. The summed E-state index contributed by atoms with van der Waals surface area (Å²) in [5, 5.41) is 9.91. The van der Waals surface area contributed by atoms with Crippen LogP contribution in [0.15, 0.2) is 49.1 Å². The summed E-state index contributed by atoms with van der Waals surface area (Å²) in [7, 11) is 0. The van der Waals surface area contributed by atoms with Crippen molar-refractivity contribution < 1.29 is 5.11 Å². The Kier molecular flexibility index (Phi) is 2.51. The smallest absolute Gasteiger partial charge is 0.115 e. The molecular formula is C11H10N2O. The molecule has 0 radical (unpaired) electrons. The third-order valence-corrected chi connectivity index (χ3v) is 2.01. The molecule has 0 bridgehead atoms. The van der Waals surface area contributed by atoms with Gasteiger partial charge in [-0.2, -0.15) is 0 Å². The van der Waals surface area contributed by atoms with Gasteiger partial charge in [-0.05, 0) is 5.56 Å². The third-order valence-electron chi connectivity index (χ3n) is 2.01. The van der Waals surface area contributed by atoms with E-state index >= 15 is 0 Å². The van der Waals surface area contributed by atoms with Gasteiger partial charge < -0.3 is 5.11 Å². The molecule has 2 aromatic rings. The molecule has 0 aliphatic carbocycles. The van der Waals surface area contributed by atoms with Crippen molar-refractivity contribution in [2.75, 3.05) is 0 Å². The van der Waals surface area contributed by atoms with E-state index in [-0.39, 0.29) is 0 Å². The molecule has 1 atom stereocenters. The van der Waals surface area contributed by atoms with Crippen LogP contribution in [0.3, 0.4) is 0 Å². The second-order valence-electron chi connectivity index (χ2n) is 2.99. The highest BCUT2D eigenvalue weighted by atomic mass is 16.3. The first-order valence-electron chi connectivity index (χ1n) is 4.36. The zero-order valence-corrected chi connectivity index (χ0v) is 7.54. The molecule has 3 heteroatoms. The summed E-state index contributed by atoms with van der Waals surface area (Å²) in [6, 6.07) is 9.44. The van der Waals surface area contributed by atoms with Gasteiger partial charge in [0.05, 0.1) is 0 Å². The van der Waals surface area contributed by atoms with Crippen LogP contribution in [0.1, 0.15) is 17.2 Å². The van der Waals surface area contributed by atoms with E-state index in [1.54, 1.807) is 12.4 Å². The van der Waals surface area contributed by atoms with Crippen LogP contribution >= 0.6 is 0 Å². The number of nitrogens with zero attached hydrogens (tertiary/aromatic N) is 2. The van der Waals surface area contributed by atoms with Gasteiger partial charge in [0.1, 0.15) is 12.4 Å². The minimum Gasteiger partial charge on any atom is -0.384 e. The number of aliphatic hydroxyl groups excluding tert-OH is 1. The Hall–Kier alpha value is -1.74. The van der Waals surface area contributed by atoms with Crippen molar-refractivity contribution in [3.63, 3.8) is 0 Å². The summed E-state index contributed by atoms with van der Waals surface area (Å²) in [4.78, 5) is 7.72. The Labute approximate surface area is 82.1 Å². The summed E-state index contributed by atoms with van der Waals surface area (Å²) in [5.74, 6) is 0. The summed E-state index contributed by atoms with van der Waals surface area (Å²) in [5.41, 5.74) is 1.56. The molecule has 0 fully saturated rings. The Morgan fingerprint density at radius 1 is 0.929 bits per heavy atom. The molecule has 1 N–H and O–H groups in total. The van der Waals surface area contributed by atoms with Crippen LogP contribution in [0.2, 0.25) is 0 Å². The Bertz CT molecular complexity index is 349. The van der Waals surface area contributed by atoms with E-state index < -0.39 is 6.10 Å². The lowest BCUT2D eigenvalue weighted by atomic mass is 10.1. The van der Waals surface area contributed by atoms with Crippen LogP contribution in [0, 0.1) is 0 Å². The maximum atomic E-state index is 9.91. The third kappa shape index (κ3) is 1.78. The van der Waals surface area contributed by atoms with Crippen LogP contribution in [-0.2, 0) is 0 Å². The van der Waals surface area contributed by atoms with Crippen LogP contribution in [0.4, 0.5) is 0 Å². The predicted octanol–water partition coefficient (Wildman–Crippen LogP) is 1.56. The molecular weight excluding hydrogens is 176 g/mol. The second kappa shape index (κ2) is 3.98. The Morgan fingerprint density at radius 3 is 2.21 bits per heavy atom. The molecule has 1 aromatic carbocycles. The van der Waals surface area contributed by atoms with Crippen molar-refractivity contribution in [1.82, 2.24) is 9.97 Å². The van der Waals surface area contributed by atoms with Gasteiger partial charge in [0.2, 0.25) is 0 Å². The minimum atomic E-state index is -0.641. The van der Waals surface area contributed by atoms with Gasteiger partial charge in [-0.25, -0.2) is 9.97 Å². The zero-order valence-electron chi connectivity index (χ0n) is 7.54. The average molecular weight is 186 g/mol. The number of aliphatic hydroxyl groups is 1. The monoisotopic (exact) mass is 186 g/mol. The van der Waals surface area contributed by atoms with Gasteiger partial charge in [0, 0.05) is 18.0 Å². The standard InChI is InChI=1S/C11H10N2O/c14-11(9-4-2-1-3-5-9)10-6-12-8-13-7-10/h1-8,11,14H. The summed E-state index contributed by atoms with van der Waals surface area (Å²) in [6.07, 6.45) is 4.04. The molecule has 14 heavy (non-hydrogen) atoms. The molecule has 0 saturated heterocycles. The maximum absolute atomic E-state index is 9.91. The fourth-order valence-corrected chi connectivity index (χ4v) is 1.28. The van der Waals surface area contributed by atoms with Gasteiger partial charge in [0.25, 0.3) is 0 Å². The number of hydrogen-bond acceptors (Lipinski definition) is 3. The van der Waals surface area contributed by atoms with Crippen molar-refractivity contribution in [1.29, 1.82) is 0 Å². The van der Waals surface area contributed by atoms with Crippen molar-refractivity contribution in [2.45, 2.75) is 6.10 Å². The van der Waals surface area contributed by atoms with E-state index in [9.17, 15) is 5.11 Å². The van der Waals surface area contributed by atoms with E-state index in [2.05, 4.69) is 9.97 Å². The SMILES string of the molecule is OC(c1ccccc1)c1cncnc1. The van der Waals surface area contributed by atoms with Gasteiger partial charge in [-0.1, -0.05) is 30.3 Å². The minimum absolute atomic E-state index is 0.641. The summed E-state index contributed by atoms with van der Waals surface area (Å²) >= 11 is 0. The van der Waals surface area contributed by atoms with E-state index in [1.165, 1.54) is 6.33 Å². The fourth-order valence-electron chi connectivity index (χ4n) is 1.28. The molecule has 0 spiro atoms. The van der Waals surface area contributed by atoms with Crippen molar-refractivity contribution >= 4 is 0 Å². The first-order chi connectivity index (χ1) is 6.88. The highest BCUT2D eigenvalue weighted by molar-refractivity contribution is 5.26. The Morgan fingerprint density at radius 2 is 1.57 bits per heavy atom. The second-order valence-corrected chi connectivity index (χ2v) is 2.99. The Balaban J connectivity index is 2.30. The van der Waals surface area contributed by atoms with Crippen LogP contribution in [0.5, 0.6) is 0 Å². The first kappa shape index (κ1) is 8.84. The topological polar surface area (TPSA) is 46.0 Å². The maximum Gasteiger partial charge on any atom is 0.115 e. The number of aromatic nitrogens is 2. The van der Waals surface area contributed by atoms with Gasteiger partial charge >= 0.3 is 0 Å². The van der Waals surface area contributed by atoms with Crippen LogP contribution < -0.4 is 0 Å². The van der Waals surface area contributed by atoms with Crippen molar-refractivity contribution in [2.24, 2.45) is 0 Å². The zero-order chi connectivity index (χ0) is 9.80. The van der Waals surface area contributed by atoms with Crippen molar-refractivity contribution in [3.05, 3.63) is 60.2 Å². The molecule has 70 valence electrons. The quantitative estimate of drug-likeness (QED) is 0.774. The first-order valence-corrected chi connectivity index (χ1v) is 4.36. The largest absolute Gasteiger partial charge is 0.384 e. The molecule has 1 unspecified atom stereocenters. The lowest BCUT2D eigenvalue weighted by molar-refractivity contribution is 0.219. The van der Waals surface area contributed by atoms with Gasteiger partial charge in [-0.15, -0.1) is 0 Å². The van der Waals surface area contributed by atoms with Crippen LogP contribution in [-0.4, -0.2) is 15.1 Å². The number of rotatable bonds is 2. The van der Waals surface area contributed by atoms with Crippen LogP contribution in [0.25, 0.3) is 0 Å². The van der Waals surface area contributed by atoms with E-state index in [0.717, 1.165) is 5.56 Å². The van der Waals surface area contributed by atoms with E-state index in [0.29, 0.717) is 5.56 Å². The average Bonchev–Trinajstić information content (AvgIpc) is 2.30. The molecule has 0 aliphatic rings. The molecule has 0 aliphatic heterocycles. The van der Waals surface area contributed by atoms with Gasteiger partial charge in [0.15, 0.2) is 0 Å². The highest BCUT2D eigenvalue weighted by Gasteiger charge is 2.09. The lowest BCUT2D eigenvalue weighted by Gasteiger charge is -2.09.